The molecule has 12 heteroatoms. The molecule has 3 rings (SSSR count). The van der Waals surface area contributed by atoms with Crippen LogP contribution in [0.25, 0.3) is 0 Å². The molecule has 0 atom stereocenters. The molecule has 1 aromatic carbocycles. The molecular formula is C18H20N4O7S. The van der Waals surface area contributed by atoms with Gasteiger partial charge >= 0.3 is 11.7 Å². The Hall–Kier alpha value is -3.25. The van der Waals surface area contributed by atoms with E-state index in [4.69, 9.17) is 4.74 Å². The predicted molar refractivity (Wildman–Crippen MR) is 106 cm³/mol. The Labute approximate surface area is 171 Å². The maximum atomic E-state index is 12.6. The lowest BCUT2D eigenvalue weighted by Gasteiger charge is -2.25. The normalized spacial score (nSPS) is 14.8. The van der Waals surface area contributed by atoms with Gasteiger partial charge in [0.15, 0.2) is 6.61 Å². The summed E-state index contributed by atoms with van der Waals surface area (Å²) >= 11 is 0. The third kappa shape index (κ3) is 5.02. The van der Waals surface area contributed by atoms with Crippen LogP contribution in [0.15, 0.2) is 44.9 Å². The van der Waals surface area contributed by atoms with Gasteiger partial charge in [-0.05, 0) is 37.1 Å². The van der Waals surface area contributed by atoms with Gasteiger partial charge in [0.1, 0.15) is 5.56 Å². The van der Waals surface area contributed by atoms with Crippen molar-refractivity contribution < 1.29 is 22.7 Å². The first-order valence-corrected chi connectivity index (χ1v) is 10.6. The number of anilines is 1. The quantitative estimate of drug-likeness (QED) is 0.539. The molecule has 1 amide bonds. The number of nitrogens with one attached hydrogen (secondary N) is 3. The van der Waals surface area contributed by atoms with Crippen LogP contribution < -0.4 is 16.6 Å². The van der Waals surface area contributed by atoms with Gasteiger partial charge < -0.3 is 15.0 Å². The zero-order valence-electron chi connectivity index (χ0n) is 15.8. The molecule has 0 saturated carbocycles. The monoisotopic (exact) mass is 436 g/mol. The SMILES string of the molecule is O=C(COC(=O)c1c[nH]c(=O)[nH]c1=O)Nc1ccc(S(=O)(=O)N2CCCCC2)cc1. The number of amides is 1. The highest BCUT2D eigenvalue weighted by Gasteiger charge is 2.25. The third-order valence-corrected chi connectivity index (χ3v) is 6.38. The van der Waals surface area contributed by atoms with E-state index in [0.717, 1.165) is 25.5 Å². The van der Waals surface area contributed by atoms with Crippen molar-refractivity contribution in [1.29, 1.82) is 0 Å². The summed E-state index contributed by atoms with van der Waals surface area (Å²) in [5, 5.41) is 2.46. The smallest absolute Gasteiger partial charge is 0.345 e. The Morgan fingerprint density at radius 2 is 1.73 bits per heavy atom. The predicted octanol–water partition coefficient (Wildman–Crippen LogP) is 0.0333. The lowest BCUT2D eigenvalue weighted by atomic mass is 10.2. The summed E-state index contributed by atoms with van der Waals surface area (Å²) < 4.78 is 31.4. The van der Waals surface area contributed by atoms with Crippen LogP contribution in [0.3, 0.4) is 0 Å². The van der Waals surface area contributed by atoms with Crippen LogP contribution in [-0.4, -0.2) is 54.3 Å². The molecule has 0 unspecified atom stereocenters. The minimum atomic E-state index is -3.57. The number of carbonyl (C=O) groups is 2. The molecule has 160 valence electrons. The minimum absolute atomic E-state index is 0.131. The lowest BCUT2D eigenvalue weighted by molar-refractivity contribution is -0.119. The van der Waals surface area contributed by atoms with Gasteiger partial charge in [-0.15, -0.1) is 0 Å². The number of ether oxygens (including phenoxy) is 1. The number of carbonyl (C=O) groups excluding carboxylic acids is 2. The number of aromatic nitrogens is 2. The molecule has 2 aromatic rings. The van der Waals surface area contributed by atoms with Gasteiger partial charge in [-0.3, -0.25) is 14.6 Å². The summed E-state index contributed by atoms with van der Waals surface area (Å²) in [5.41, 5.74) is -1.85. The molecule has 30 heavy (non-hydrogen) atoms. The number of sulfonamides is 1. The topological polar surface area (TPSA) is 158 Å². The largest absolute Gasteiger partial charge is 0.452 e. The van der Waals surface area contributed by atoms with E-state index in [1.807, 2.05) is 4.98 Å². The van der Waals surface area contributed by atoms with E-state index in [2.05, 4.69) is 10.3 Å². The van der Waals surface area contributed by atoms with Gasteiger partial charge in [0.2, 0.25) is 10.0 Å². The molecule has 1 aromatic heterocycles. The van der Waals surface area contributed by atoms with E-state index < -0.39 is 45.3 Å². The fourth-order valence-electron chi connectivity index (χ4n) is 2.93. The number of rotatable bonds is 6. The van der Waals surface area contributed by atoms with Crippen LogP contribution in [0.4, 0.5) is 5.69 Å². The first-order chi connectivity index (χ1) is 14.3. The molecular weight excluding hydrogens is 416 g/mol. The second-order valence-corrected chi connectivity index (χ2v) is 8.54. The van der Waals surface area contributed by atoms with Crippen LogP contribution in [-0.2, 0) is 19.6 Å². The van der Waals surface area contributed by atoms with Crippen molar-refractivity contribution in [2.75, 3.05) is 25.0 Å². The molecule has 1 aliphatic rings. The maximum Gasteiger partial charge on any atom is 0.345 e. The van der Waals surface area contributed by atoms with Crippen molar-refractivity contribution in [3.8, 4) is 0 Å². The second kappa shape index (κ2) is 9.05. The van der Waals surface area contributed by atoms with Crippen LogP contribution >= 0.6 is 0 Å². The Morgan fingerprint density at radius 3 is 2.37 bits per heavy atom. The molecule has 2 heterocycles. The van der Waals surface area contributed by atoms with Gasteiger partial charge in [0.05, 0.1) is 4.90 Å². The van der Waals surface area contributed by atoms with Gasteiger partial charge in [-0.1, -0.05) is 6.42 Å². The fourth-order valence-corrected chi connectivity index (χ4v) is 4.45. The Bertz CT molecular complexity index is 1150. The third-order valence-electron chi connectivity index (χ3n) is 4.46. The molecule has 0 radical (unpaired) electrons. The highest BCUT2D eigenvalue weighted by atomic mass is 32.2. The number of piperidine rings is 1. The van der Waals surface area contributed by atoms with Crippen molar-refractivity contribution in [3.05, 3.63) is 56.9 Å². The fraction of sp³-hybridized carbons (Fsp3) is 0.333. The first-order valence-electron chi connectivity index (χ1n) is 9.16. The van der Waals surface area contributed by atoms with Crippen LogP contribution in [0, 0.1) is 0 Å². The summed E-state index contributed by atoms with van der Waals surface area (Å²) in [7, 11) is -3.57. The summed E-state index contributed by atoms with van der Waals surface area (Å²) in [6.07, 6.45) is 3.56. The van der Waals surface area contributed by atoms with E-state index in [1.165, 1.54) is 28.6 Å². The van der Waals surface area contributed by atoms with Crippen molar-refractivity contribution in [2.45, 2.75) is 24.2 Å². The summed E-state index contributed by atoms with van der Waals surface area (Å²) in [4.78, 5) is 50.4. The van der Waals surface area contributed by atoms with Crippen LogP contribution in [0.5, 0.6) is 0 Å². The zero-order valence-corrected chi connectivity index (χ0v) is 16.7. The summed E-state index contributed by atoms with van der Waals surface area (Å²) in [6, 6.07) is 5.66. The highest BCUT2D eigenvalue weighted by molar-refractivity contribution is 7.89. The van der Waals surface area contributed by atoms with Gasteiger partial charge in [-0.2, -0.15) is 4.31 Å². The number of H-pyrrole nitrogens is 2. The molecule has 0 aliphatic carbocycles. The number of benzene rings is 1. The highest BCUT2D eigenvalue weighted by Crippen LogP contribution is 2.21. The van der Waals surface area contributed by atoms with Crippen molar-refractivity contribution in [2.24, 2.45) is 0 Å². The Balaban J connectivity index is 1.57. The van der Waals surface area contributed by atoms with Gasteiger partial charge in [0, 0.05) is 25.0 Å². The van der Waals surface area contributed by atoms with Crippen molar-refractivity contribution >= 4 is 27.6 Å². The number of hydrogen-bond acceptors (Lipinski definition) is 7. The van der Waals surface area contributed by atoms with Crippen molar-refractivity contribution in [1.82, 2.24) is 14.3 Å². The molecule has 1 fully saturated rings. The average Bonchev–Trinajstić information content (AvgIpc) is 2.73. The summed E-state index contributed by atoms with van der Waals surface area (Å²) in [6.45, 7) is 0.305. The van der Waals surface area contributed by atoms with Crippen LogP contribution in [0.1, 0.15) is 29.6 Å². The molecule has 3 N–H and O–H groups in total. The molecule has 0 bridgehead atoms. The van der Waals surface area contributed by atoms with Crippen molar-refractivity contribution in [3.63, 3.8) is 0 Å². The van der Waals surface area contributed by atoms with Gasteiger partial charge in [-0.25, -0.2) is 18.0 Å². The number of nitrogens with zero attached hydrogens (tertiary/aromatic N) is 1. The van der Waals surface area contributed by atoms with E-state index in [9.17, 15) is 27.6 Å². The van der Waals surface area contributed by atoms with E-state index in [-0.39, 0.29) is 4.90 Å². The number of hydrogen-bond donors (Lipinski definition) is 3. The Kier molecular flexibility index (Phi) is 6.47. The van der Waals surface area contributed by atoms with E-state index in [1.54, 1.807) is 0 Å². The maximum absolute atomic E-state index is 12.6. The molecule has 11 nitrogen and oxygen atoms in total. The standard InChI is InChI=1S/C18H20N4O7S/c23-15(11-29-17(25)14-10-19-18(26)21-16(14)24)20-12-4-6-13(7-5-12)30(27,28)22-8-2-1-3-9-22/h4-7,10H,1-3,8-9,11H2,(H,20,23)(H2,19,21,24,26). The molecule has 0 spiro atoms. The average molecular weight is 436 g/mol. The number of esters is 1. The number of aromatic amines is 2. The summed E-state index contributed by atoms with van der Waals surface area (Å²) in [5.74, 6) is -1.76. The second-order valence-electron chi connectivity index (χ2n) is 6.60. The van der Waals surface area contributed by atoms with E-state index >= 15 is 0 Å². The molecule has 1 saturated heterocycles. The lowest BCUT2D eigenvalue weighted by Crippen LogP contribution is -2.35. The zero-order chi connectivity index (χ0) is 21.7. The van der Waals surface area contributed by atoms with Gasteiger partial charge in [0.25, 0.3) is 11.5 Å². The van der Waals surface area contributed by atoms with E-state index in [0.29, 0.717) is 18.8 Å². The molecule has 1 aliphatic heterocycles. The van der Waals surface area contributed by atoms with Crippen LogP contribution in [0.2, 0.25) is 0 Å². The minimum Gasteiger partial charge on any atom is -0.452 e. The Morgan fingerprint density at radius 1 is 1.07 bits per heavy atom. The first kappa shape index (κ1) is 21.5.